The van der Waals surface area contributed by atoms with Crippen molar-refractivity contribution in [3.63, 3.8) is 0 Å². The molecule has 0 radical (unpaired) electrons. The van der Waals surface area contributed by atoms with Crippen LogP contribution >= 0.6 is 11.8 Å². The molecule has 1 aromatic heterocycles. The molecule has 14 heavy (non-hydrogen) atoms. The zero-order valence-corrected chi connectivity index (χ0v) is 9.17. The number of hydrogen-bond donors (Lipinski definition) is 1. The molecule has 2 N–H and O–H groups in total. The summed E-state index contributed by atoms with van der Waals surface area (Å²) < 4.78 is 2.13. The number of aromatic nitrogens is 2. The van der Waals surface area contributed by atoms with Crippen molar-refractivity contribution in [2.24, 2.45) is 5.73 Å². The molecule has 0 aromatic carbocycles. The standard InChI is InChI=1S/C10H17N3S/c11-4-1-9-7-12-13(8-9)10-2-5-14-6-3-10/h7-8,10H,1-6,11H2. The van der Waals surface area contributed by atoms with Gasteiger partial charge in [0.05, 0.1) is 12.2 Å². The summed E-state index contributed by atoms with van der Waals surface area (Å²) in [7, 11) is 0. The Labute approximate surface area is 89.1 Å². The minimum absolute atomic E-state index is 0.628. The fraction of sp³-hybridized carbons (Fsp3) is 0.700. The van der Waals surface area contributed by atoms with Crippen LogP contribution in [0.4, 0.5) is 0 Å². The molecule has 2 rings (SSSR count). The smallest absolute Gasteiger partial charge is 0.0535 e. The first-order chi connectivity index (χ1) is 6.90. The van der Waals surface area contributed by atoms with Crippen LogP contribution in [0.25, 0.3) is 0 Å². The van der Waals surface area contributed by atoms with Crippen LogP contribution in [0.15, 0.2) is 12.4 Å². The Morgan fingerprint density at radius 2 is 2.29 bits per heavy atom. The van der Waals surface area contributed by atoms with Gasteiger partial charge in [0.25, 0.3) is 0 Å². The Bertz CT molecular complexity index is 279. The van der Waals surface area contributed by atoms with Crippen molar-refractivity contribution < 1.29 is 0 Å². The highest BCUT2D eigenvalue weighted by Crippen LogP contribution is 2.26. The van der Waals surface area contributed by atoms with Gasteiger partial charge in [-0.05, 0) is 42.9 Å². The third-order valence-corrected chi connectivity index (χ3v) is 3.70. The first-order valence-corrected chi connectivity index (χ1v) is 6.36. The molecule has 1 aliphatic rings. The molecular weight excluding hydrogens is 194 g/mol. The predicted octanol–water partition coefficient (Wildman–Crippen LogP) is 1.45. The lowest BCUT2D eigenvalue weighted by molar-refractivity contribution is 0.426. The normalized spacial score (nSPS) is 18.6. The summed E-state index contributed by atoms with van der Waals surface area (Å²) in [5, 5.41) is 4.41. The van der Waals surface area contributed by atoms with Crippen molar-refractivity contribution in [2.75, 3.05) is 18.1 Å². The lowest BCUT2D eigenvalue weighted by Crippen LogP contribution is -2.15. The minimum atomic E-state index is 0.628. The number of nitrogens with two attached hydrogens (primary N) is 1. The topological polar surface area (TPSA) is 43.8 Å². The van der Waals surface area contributed by atoms with Gasteiger partial charge in [-0.2, -0.15) is 16.9 Å². The fourth-order valence-electron chi connectivity index (χ4n) is 1.82. The van der Waals surface area contributed by atoms with Gasteiger partial charge in [-0.3, -0.25) is 4.68 Å². The minimum Gasteiger partial charge on any atom is -0.330 e. The van der Waals surface area contributed by atoms with Crippen LogP contribution in [-0.4, -0.2) is 27.8 Å². The highest BCUT2D eigenvalue weighted by atomic mass is 32.2. The van der Waals surface area contributed by atoms with Crippen molar-refractivity contribution in [3.05, 3.63) is 18.0 Å². The van der Waals surface area contributed by atoms with Crippen LogP contribution in [-0.2, 0) is 6.42 Å². The van der Waals surface area contributed by atoms with Crippen molar-refractivity contribution in [1.29, 1.82) is 0 Å². The molecule has 4 heteroatoms. The molecule has 0 unspecified atom stereocenters. The van der Waals surface area contributed by atoms with Gasteiger partial charge in [-0.25, -0.2) is 0 Å². The predicted molar refractivity (Wildman–Crippen MR) is 60.6 cm³/mol. The van der Waals surface area contributed by atoms with Crippen molar-refractivity contribution in [3.8, 4) is 0 Å². The van der Waals surface area contributed by atoms with E-state index in [-0.39, 0.29) is 0 Å². The van der Waals surface area contributed by atoms with E-state index in [9.17, 15) is 0 Å². The third-order valence-electron chi connectivity index (χ3n) is 2.65. The quantitative estimate of drug-likeness (QED) is 0.823. The van der Waals surface area contributed by atoms with Crippen LogP contribution in [0, 0.1) is 0 Å². The van der Waals surface area contributed by atoms with E-state index in [4.69, 9.17) is 5.73 Å². The summed E-state index contributed by atoms with van der Waals surface area (Å²) >= 11 is 2.05. The van der Waals surface area contributed by atoms with Gasteiger partial charge in [0.1, 0.15) is 0 Å². The molecular formula is C10H17N3S. The highest BCUT2D eigenvalue weighted by molar-refractivity contribution is 7.99. The highest BCUT2D eigenvalue weighted by Gasteiger charge is 2.15. The zero-order valence-electron chi connectivity index (χ0n) is 8.35. The maximum Gasteiger partial charge on any atom is 0.0535 e. The number of nitrogens with zero attached hydrogens (tertiary/aromatic N) is 2. The summed E-state index contributed by atoms with van der Waals surface area (Å²) in [6.07, 6.45) is 7.58. The SMILES string of the molecule is NCCc1cnn(C2CCSCC2)c1. The van der Waals surface area contributed by atoms with E-state index in [1.54, 1.807) is 0 Å². The molecule has 3 nitrogen and oxygen atoms in total. The molecule has 78 valence electrons. The van der Waals surface area contributed by atoms with Crippen LogP contribution in [0.1, 0.15) is 24.4 Å². The molecule has 1 aromatic rings. The molecule has 0 aliphatic carbocycles. The first kappa shape index (κ1) is 10.1. The number of thioether (sulfide) groups is 1. The van der Waals surface area contributed by atoms with Gasteiger partial charge in [0, 0.05) is 6.20 Å². The Morgan fingerprint density at radius 1 is 1.50 bits per heavy atom. The van der Waals surface area contributed by atoms with E-state index in [0.29, 0.717) is 12.6 Å². The van der Waals surface area contributed by atoms with E-state index < -0.39 is 0 Å². The third kappa shape index (κ3) is 2.30. The Hall–Kier alpha value is -0.480. The number of rotatable bonds is 3. The maximum atomic E-state index is 5.51. The largest absolute Gasteiger partial charge is 0.330 e. The fourth-order valence-corrected chi connectivity index (χ4v) is 2.90. The Kier molecular flexibility index (Phi) is 3.48. The lowest BCUT2D eigenvalue weighted by atomic mass is 10.1. The van der Waals surface area contributed by atoms with Crippen LogP contribution in [0.3, 0.4) is 0 Å². The van der Waals surface area contributed by atoms with E-state index >= 15 is 0 Å². The summed E-state index contributed by atoms with van der Waals surface area (Å²) in [6, 6.07) is 0.628. The zero-order chi connectivity index (χ0) is 9.80. The van der Waals surface area contributed by atoms with Gasteiger partial charge in [0.2, 0.25) is 0 Å². The van der Waals surface area contributed by atoms with E-state index in [1.165, 1.54) is 29.9 Å². The van der Waals surface area contributed by atoms with E-state index in [2.05, 4.69) is 16.0 Å². The maximum absolute atomic E-state index is 5.51. The summed E-state index contributed by atoms with van der Waals surface area (Å²) in [4.78, 5) is 0. The second-order valence-electron chi connectivity index (χ2n) is 3.71. The second-order valence-corrected chi connectivity index (χ2v) is 4.94. The number of hydrogen-bond acceptors (Lipinski definition) is 3. The van der Waals surface area contributed by atoms with Gasteiger partial charge < -0.3 is 5.73 Å². The Balaban J connectivity index is 2.00. The first-order valence-electron chi connectivity index (χ1n) is 5.21. The average molecular weight is 211 g/mol. The average Bonchev–Trinajstić information content (AvgIpc) is 2.68. The van der Waals surface area contributed by atoms with Crippen LogP contribution in [0.5, 0.6) is 0 Å². The molecule has 2 heterocycles. The molecule has 0 bridgehead atoms. The van der Waals surface area contributed by atoms with E-state index in [1.807, 2.05) is 18.0 Å². The second kappa shape index (κ2) is 4.84. The lowest BCUT2D eigenvalue weighted by Gasteiger charge is -2.21. The molecule has 0 atom stereocenters. The molecule has 1 fully saturated rings. The van der Waals surface area contributed by atoms with Gasteiger partial charge >= 0.3 is 0 Å². The molecule has 1 saturated heterocycles. The van der Waals surface area contributed by atoms with Crippen LogP contribution < -0.4 is 5.73 Å². The molecule has 1 aliphatic heterocycles. The Morgan fingerprint density at radius 3 is 3.00 bits per heavy atom. The van der Waals surface area contributed by atoms with Crippen molar-refractivity contribution in [2.45, 2.75) is 25.3 Å². The van der Waals surface area contributed by atoms with Crippen molar-refractivity contribution in [1.82, 2.24) is 9.78 Å². The molecule has 0 saturated carbocycles. The summed E-state index contributed by atoms with van der Waals surface area (Å²) in [5.74, 6) is 2.55. The van der Waals surface area contributed by atoms with Crippen LogP contribution in [0.2, 0.25) is 0 Å². The summed E-state index contributed by atoms with van der Waals surface area (Å²) in [6.45, 7) is 0.714. The van der Waals surface area contributed by atoms with Gasteiger partial charge in [-0.1, -0.05) is 0 Å². The molecule has 0 spiro atoms. The van der Waals surface area contributed by atoms with Gasteiger partial charge in [-0.15, -0.1) is 0 Å². The monoisotopic (exact) mass is 211 g/mol. The van der Waals surface area contributed by atoms with Crippen molar-refractivity contribution >= 4 is 11.8 Å². The summed E-state index contributed by atoms with van der Waals surface area (Å²) in [5.41, 5.74) is 6.78. The van der Waals surface area contributed by atoms with E-state index in [0.717, 1.165) is 6.42 Å². The van der Waals surface area contributed by atoms with Gasteiger partial charge in [0.15, 0.2) is 0 Å². The molecule has 0 amide bonds.